The quantitative estimate of drug-likeness (QED) is 0.319. The number of aliphatic carboxylic acids is 1. The van der Waals surface area contributed by atoms with Gasteiger partial charge in [0.15, 0.2) is 0 Å². The summed E-state index contributed by atoms with van der Waals surface area (Å²) in [6.07, 6.45) is 2.70. The second-order valence-corrected chi connectivity index (χ2v) is 9.92. The smallest absolute Gasteiger partial charge is 0.305 e. The summed E-state index contributed by atoms with van der Waals surface area (Å²) in [6, 6.07) is 22.7. The Morgan fingerprint density at radius 2 is 1.71 bits per heavy atom. The molecule has 5 heteroatoms. The molecule has 5 nitrogen and oxygen atoms in total. The summed E-state index contributed by atoms with van der Waals surface area (Å²) in [6.45, 7) is 7.31. The van der Waals surface area contributed by atoms with Gasteiger partial charge < -0.3 is 14.6 Å². The van der Waals surface area contributed by atoms with Crippen LogP contribution in [0, 0.1) is 11.8 Å². The van der Waals surface area contributed by atoms with Gasteiger partial charge in [-0.2, -0.15) is 0 Å². The highest BCUT2D eigenvalue weighted by Crippen LogP contribution is 2.32. The van der Waals surface area contributed by atoms with Gasteiger partial charge in [0.25, 0.3) is 0 Å². The maximum Gasteiger partial charge on any atom is 0.305 e. The Kier molecular flexibility index (Phi) is 9.10. The van der Waals surface area contributed by atoms with Crippen LogP contribution in [0.1, 0.15) is 54.5 Å². The van der Waals surface area contributed by atoms with Gasteiger partial charge in [-0.3, -0.25) is 9.69 Å². The zero-order valence-corrected chi connectivity index (χ0v) is 22.6. The molecular weight excluding hydrogens is 474 g/mol. The number of nitrogens with zero attached hydrogens (tertiary/aromatic N) is 1. The molecule has 0 unspecified atom stereocenters. The number of carbonyl (C=O) groups is 1. The van der Waals surface area contributed by atoms with Crippen LogP contribution in [-0.2, 0) is 36.2 Å². The van der Waals surface area contributed by atoms with Crippen molar-refractivity contribution >= 4 is 5.97 Å². The molecule has 0 saturated carbocycles. The number of hydrogen-bond donors (Lipinski definition) is 1. The Labute approximate surface area is 226 Å². The van der Waals surface area contributed by atoms with Crippen molar-refractivity contribution in [3.8, 4) is 23.3 Å². The Bertz CT molecular complexity index is 1290. The molecule has 38 heavy (non-hydrogen) atoms. The lowest BCUT2D eigenvalue weighted by Gasteiger charge is -2.29. The van der Waals surface area contributed by atoms with E-state index in [-0.39, 0.29) is 6.42 Å². The second-order valence-electron chi connectivity index (χ2n) is 9.92. The monoisotopic (exact) mass is 511 g/mol. The average Bonchev–Trinajstić information content (AvgIpc) is 2.95. The van der Waals surface area contributed by atoms with Crippen molar-refractivity contribution in [1.82, 2.24) is 4.90 Å². The van der Waals surface area contributed by atoms with Crippen LogP contribution in [0.2, 0.25) is 0 Å². The van der Waals surface area contributed by atoms with Gasteiger partial charge >= 0.3 is 5.97 Å². The zero-order valence-electron chi connectivity index (χ0n) is 22.6. The molecule has 0 spiro atoms. The van der Waals surface area contributed by atoms with Gasteiger partial charge in [-0.15, -0.1) is 5.92 Å². The molecule has 0 fully saturated rings. The van der Waals surface area contributed by atoms with Gasteiger partial charge in [0.05, 0.1) is 18.9 Å². The number of carboxylic acid groups (broad SMARTS) is 1. The molecule has 0 aromatic heterocycles. The molecule has 1 aliphatic heterocycles. The largest absolute Gasteiger partial charge is 0.497 e. The van der Waals surface area contributed by atoms with Crippen molar-refractivity contribution in [2.75, 3.05) is 20.2 Å². The average molecular weight is 512 g/mol. The van der Waals surface area contributed by atoms with E-state index >= 15 is 0 Å². The number of fused-ring (bicyclic) bond motifs is 1. The van der Waals surface area contributed by atoms with E-state index in [2.05, 4.69) is 59.2 Å². The number of rotatable bonds is 11. The van der Waals surface area contributed by atoms with E-state index in [1.54, 1.807) is 14.0 Å². The molecule has 1 heterocycles. The van der Waals surface area contributed by atoms with Gasteiger partial charge in [-0.05, 0) is 78.3 Å². The predicted octanol–water partition coefficient (Wildman–Crippen LogP) is 6.02. The van der Waals surface area contributed by atoms with E-state index in [0.717, 1.165) is 55.1 Å². The first-order chi connectivity index (χ1) is 18.4. The molecule has 198 valence electrons. The zero-order chi connectivity index (χ0) is 27.0. The van der Waals surface area contributed by atoms with Crippen molar-refractivity contribution in [2.24, 2.45) is 0 Å². The summed E-state index contributed by atoms with van der Waals surface area (Å²) < 4.78 is 11.4. The predicted molar refractivity (Wildman–Crippen MR) is 151 cm³/mol. The summed E-state index contributed by atoms with van der Waals surface area (Å²) in [5.74, 6) is 6.90. The lowest BCUT2D eigenvalue weighted by molar-refractivity contribution is -0.138. The van der Waals surface area contributed by atoms with Crippen LogP contribution in [0.4, 0.5) is 0 Å². The maximum atomic E-state index is 11.5. The van der Waals surface area contributed by atoms with E-state index in [1.165, 1.54) is 16.7 Å². The first-order valence-corrected chi connectivity index (χ1v) is 13.3. The van der Waals surface area contributed by atoms with Crippen molar-refractivity contribution < 1.29 is 19.4 Å². The Hall–Kier alpha value is -3.75. The van der Waals surface area contributed by atoms with Crippen LogP contribution in [-0.4, -0.2) is 36.2 Å². The van der Waals surface area contributed by atoms with Gasteiger partial charge in [0.2, 0.25) is 0 Å². The van der Waals surface area contributed by atoms with E-state index < -0.39 is 11.4 Å². The van der Waals surface area contributed by atoms with Crippen LogP contribution in [0.3, 0.4) is 0 Å². The van der Waals surface area contributed by atoms with E-state index in [9.17, 15) is 9.90 Å². The molecule has 0 saturated heterocycles. The van der Waals surface area contributed by atoms with E-state index in [4.69, 9.17) is 9.47 Å². The van der Waals surface area contributed by atoms with Gasteiger partial charge in [-0.1, -0.05) is 55.3 Å². The highest BCUT2D eigenvalue weighted by molar-refractivity contribution is 5.70. The molecular formula is C33H37NO4. The second kappa shape index (κ2) is 12.7. The fourth-order valence-corrected chi connectivity index (χ4v) is 5.17. The Balaban J connectivity index is 1.28. The van der Waals surface area contributed by atoms with E-state index in [0.29, 0.717) is 13.0 Å². The summed E-state index contributed by atoms with van der Waals surface area (Å²) >= 11 is 0. The maximum absolute atomic E-state index is 11.5. The van der Waals surface area contributed by atoms with Crippen molar-refractivity contribution in [1.29, 1.82) is 0 Å². The summed E-state index contributed by atoms with van der Waals surface area (Å²) in [4.78, 5) is 14.0. The molecule has 0 amide bonds. The summed E-state index contributed by atoms with van der Waals surface area (Å²) in [5, 5.41) is 9.41. The number of ether oxygens (including phenoxy) is 2. The third-order valence-electron chi connectivity index (χ3n) is 7.48. The fraction of sp³-hybridized carbons (Fsp3) is 0.364. The van der Waals surface area contributed by atoms with Crippen LogP contribution in [0.25, 0.3) is 0 Å². The molecule has 3 aromatic rings. The lowest BCUT2D eigenvalue weighted by atomic mass is 9.76. The molecule has 0 aliphatic carbocycles. The van der Waals surface area contributed by atoms with E-state index in [1.807, 2.05) is 31.2 Å². The SMILES string of the molecule is CC#C[C@@](CC)(CC(=O)O)c1ccc(OCc2ccc(CCN3CCc4cc(OC)ccc4C3)cc2)cc1. The Morgan fingerprint density at radius 1 is 1.00 bits per heavy atom. The highest BCUT2D eigenvalue weighted by Gasteiger charge is 2.31. The van der Waals surface area contributed by atoms with Crippen LogP contribution < -0.4 is 9.47 Å². The molecule has 1 aliphatic rings. The first kappa shape index (κ1) is 27.3. The number of benzene rings is 3. The van der Waals surface area contributed by atoms with Crippen LogP contribution in [0.5, 0.6) is 11.5 Å². The van der Waals surface area contributed by atoms with Gasteiger partial charge in [-0.25, -0.2) is 0 Å². The first-order valence-electron chi connectivity index (χ1n) is 13.3. The Morgan fingerprint density at radius 3 is 2.37 bits per heavy atom. The number of carboxylic acids is 1. The van der Waals surface area contributed by atoms with Crippen LogP contribution in [0.15, 0.2) is 66.7 Å². The minimum absolute atomic E-state index is 0.0167. The van der Waals surface area contributed by atoms with Crippen LogP contribution >= 0.6 is 0 Å². The molecule has 0 bridgehead atoms. The summed E-state index contributed by atoms with van der Waals surface area (Å²) in [5.41, 5.74) is 5.47. The molecule has 1 N–H and O–H groups in total. The molecule has 4 rings (SSSR count). The third kappa shape index (κ3) is 6.76. The van der Waals surface area contributed by atoms with Gasteiger partial charge in [0.1, 0.15) is 18.1 Å². The highest BCUT2D eigenvalue weighted by atomic mass is 16.5. The van der Waals surface area contributed by atoms with Crippen molar-refractivity contribution in [3.63, 3.8) is 0 Å². The molecule has 1 atom stereocenters. The number of hydrogen-bond acceptors (Lipinski definition) is 4. The molecule has 3 aromatic carbocycles. The lowest BCUT2D eigenvalue weighted by Crippen LogP contribution is -2.32. The summed E-state index contributed by atoms with van der Waals surface area (Å²) in [7, 11) is 1.72. The topological polar surface area (TPSA) is 59.0 Å². The van der Waals surface area contributed by atoms with Crippen molar-refractivity contribution in [3.05, 3.63) is 94.5 Å². The number of methoxy groups -OCH3 is 1. The normalized spacial score (nSPS) is 14.5. The molecule has 0 radical (unpaired) electrons. The van der Waals surface area contributed by atoms with Crippen molar-refractivity contribution in [2.45, 2.75) is 58.1 Å². The third-order valence-corrected chi connectivity index (χ3v) is 7.48. The fourth-order valence-electron chi connectivity index (χ4n) is 5.17. The minimum Gasteiger partial charge on any atom is -0.497 e. The standard InChI is InChI=1S/C33H37NO4/c1-4-18-33(5-2,22-32(35)36)29-11-14-30(15-12-29)38-24-26-8-6-25(7-9-26)16-19-34-20-17-27-21-31(37-3)13-10-28(27)23-34/h6-15,21H,5,16-17,19-20,22-24H2,1-3H3,(H,35,36)/t33-/m0/s1. The minimum atomic E-state index is -0.847. The van der Waals surface area contributed by atoms with Gasteiger partial charge in [0, 0.05) is 19.6 Å².